The topological polar surface area (TPSA) is 30.9 Å². The minimum atomic E-state index is -0.158. The number of aryl methyl sites for hydroxylation is 1. The van der Waals surface area contributed by atoms with E-state index in [0.717, 1.165) is 6.42 Å². The summed E-state index contributed by atoms with van der Waals surface area (Å²) in [5.74, 6) is 0. The summed E-state index contributed by atoms with van der Waals surface area (Å²) in [7, 11) is 2.12. The number of nitrogens with zero attached hydrogens (tertiary/aromatic N) is 1. The zero-order chi connectivity index (χ0) is 11.9. The Hall–Kier alpha value is -1.28. The maximum atomic E-state index is 6.13. The molecular weight excluding hydrogens is 196 g/mol. The van der Waals surface area contributed by atoms with Gasteiger partial charge in [0.05, 0.1) is 0 Å². The van der Waals surface area contributed by atoms with E-state index in [2.05, 4.69) is 56.7 Å². The molecule has 1 aromatic heterocycles. The average Bonchev–Trinajstić information content (AvgIpc) is 2.43. The van der Waals surface area contributed by atoms with Gasteiger partial charge in [-0.25, -0.2) is 0 Å². The summed E-state index contributed by atoms with van der Waals surface area (Å²) in [4.78, 5) is 0. The van der Waals surface area contributed by atoms with Gasteiger partial charge in [0.15, 0.2) is 0 Å². The van der Waals surface area contributed by atoms with Gasteiger partial charge in [0.25, 0.3) is 0 Å². The van der Waals surface area contributed by atoms with Crippen LogP contribution in [0, 0.1) is 6.92 Å². The second-order valence-corrected chi connectivity index (χ2v) is 5.31. The van der Waals surface area contributed by atoms with E-state index in [9.17, 15) is 0 Å². The fourth-order valence-electron chi connectivity index (χ4n) is 2.28. The first kappa shape index (κ1) is 11.2. The van der Waals surface area contributed by atoms with Gasteiger partial charge >= 0.3 is 0 Å². The van der Waals surface area contributed by atoms with Crippen molar-refractivity contribution in [1.82, 2.24) is 4.57 Å². The van der Waals surface area contributed by atoms with Crippen molar-refractivity contribution in [2.24, 2.45) is 12.8 Å². The van der Waals surface area contributed by atoms with E-state index < -0.39 is 0 Å². The zero-order valence-corrected chi connectivity index (χ0v) is 10.5. The van der Waals surface area contributed by atoms with Crippen molar-refractivity contribution in [1.29, 1.82) is 0 Å². The molecule has 0 saturated carbocycles. The van der Waals surface area contributed by atoms with Crippen LogP contribution in [0.25, 0.3) is 10.9 Å². The second-order valence-electron chi connectivity index (χ2n) is 5.31. The van der Waals surface area contributed by atoms with Gasteiger partial charge in [0.2, 0.25) is 0 Å². The van der Waals surface area contributed by atoms with Crippen LogP contribution in [0.2, 0.25) is 0 Å². The normalized spacial score (nSPS) is 12.3. The molecule has 2 rings (SSSR count). The summed E-state index contributed by atoms with van der Waals surface area (Å²) >= 11 is 0. The lowest BCUT2D eigenvalue weighted by atomic mass is 9.94. The monoisotopic (exact) mass is 216 g/mol. The Labute approximate surface area is 97.1 Å². The molecule has 0 amide bonds. The molecule has 0 bridgehead atoms. The summed E-state index contributed by atoms with van der Waals surface area (Å²) in [6.07, 6.45) is 0.917. The Morgan fingerprint density at radius 1 is 1.25 bits per heavy atom. The van der Waals surface area contributed by atoms with E-state index in [0.29, 0.717) is 0 Å². The number of nitrogens with two attached hydrogens (primary N) is 1. The van der Waals surface area contributed by atoms with Gasteiger partial charge in [0, 0.05) is 29.2 Å². The fourth-order valence-corrected chi connectivity index (χ4v) is 2.28. The highest BCUT2D eigenvalue weighted by atomic mass is 14.9. The fraction of sp³-hybridized carbons (Fsp3) is 0.429. The molecule has 0 saturated heterocycles. The van der Waals surface area contributed by atoms with E-state index in [4.69, 9.17) is 5.73 Å². The third-order valence-electron chi connectivity index (χ3n) is 3.16. The SMILES string of the molecule is Cc1c(CC(C)(C)N)c2ccccc2n1C. The van der Waals surface area contributed by atoms with Crippen LogP contribution in [0.1, 0.15) is 25.1 Å². The van der Waals surface area contributed by atoms with E-state index in [-0.39, 0.29) is 5.54 Å². The van der Waals surface area contributed by atoms with Crippen LogP contribution in [0.15, 0.2) is 24.3 Å². The van der Waals surface area contributed by atoms with Crippen molar-refractivity contribution >= 4 is 10.9 Å². The van der Waals surface area contributed by atoms with Crippen LogP contribution in [-0.2, 0) is 13.5 Å². The zero-order valence-electron chi connectivity index (χ0n) is 10.5. The van der Waals surface area contributed by atoms with Gasteiger partial charge < -0.3 is 10.3 Å². The van der Waals surface area contributed by atoms with Crippen molar-refractivity contribution in [2.75, 3.05) is 0 Å². The van der Waals surface area contributed by atoms with Crippen LogP contribution in [0.4, 0.5) is 0 Å². The molecule has 0 fully saturated rings. The first-order valence-corrected chi connectivity index (χ1v) is 5.72. The Morgan fingerprint density at radius 3 is 2.50 bits per heavy atom. The minimum absolute atomic E-state index is 0.158. The number of hydrogen-bond donors (Lipinski definition) is 1. The lowest BCUT2D eigenvalue weighted by Gasteiger charge is -2.18. The standard InChI is InChI=1S/C14H20N2/c1-10-12(9-14(2,3)15)11-7-5-6-8-13(11)16(10)4/h5-8H,9,15H2,1-4H3. The molecule has 0 aliphatic carbocycles. The maximum Gasteiger partial charge on any atom is 0.0482 e. The Kier molecular flexibility index (Phi) is 2.55. The van der Waals surface area contributed by atoms with Crippen LogP contribution in [0.5, 0.6) is 0 Å². The highest BCUT2D eigenvalue weighted by Crippen LogP contribution is 2.27. The van der Waals surface area contributed by atoms with Crippen molar-refractivity contribution in [3.63, 3.8) is 0 Å². The molecule has 86 valence electrons. The van der Waals surface area contributed by atoms with Gasteiger partial charge in [-0.15, -0.1) is 0 Å². The number of aromatic nitrogens is 1. The summed E-state index contributed by atoms with van der Waals surface area (Å²) in [6.45, 7) is 6.32. The third kappa shape index (κ3) is 1.85. The Balaban J connectivity index is 2.64. The smallest absolute Gasteiger partial charge is 0.0482 e. The molecule has 2 N–H and O–H groups in total. The quantitative estimate of drug-likeness (QED) is 0.822. The minimum Gasteiger partial charge on any atom is -0.348 e. The molecule has 0 aliphatic heterocycles. The molecule has 2 aromatic rings. The van der Waals surface area contributed by atoms with Crippen molar-refractivity contribution in [2.45, 2.75) is 32.7 Å². The lowest BCUT2D eigenvalue weighted by molar-refractivity contribution is 0.516. The van der Waals surface area contributed by atoms with Gasteiger partial charge in [-0.3, -0.25) is 0 Å². The largest absolute Gasteiger partial charge is 0.348 e. The molecule has 0 aliphatic rings. The van der Waals surface area contributed by atoms with Crippen molar-refractivity contribution in [3.8, 4) is 0 Å². The first-order valence-electron chi connectivity index (χ1n) is 5.72. The average molecular weight is 216 g/mol. The van der Waals surface area contributed by atoms with Crippen LogP contribution in [-0.4, -0.2) is 10.1 Å². The van der Waals surface area contributed by atoms with Gasteiger partial charge in [-0.05, 0) is 38.8 Å². The van der Waals surface area contributed by atoms with E-state index in [1.807, 2.05) is 0 Å². The van der Waals surface area contributed by atoms with Crippen LogP contribution < -0.4 is 5.73 Å². The highest BCUT2D eigenvalue weighted by Gasteiger charge is 2.18. The maximum absolute atomic E-state index is 6.13. The molecule has 16 heavy (non-hydrogen) atoms. The summed E-state index contributed by atoms with van der Waals surface area (Å²) < 4.78 is 2.25. The van der Waals surface area contributed by atoms with Gasteiger partial charge in [-0.1, -0.05) is 18.2 Å². The molecule has 2 nitrogen and oxygen atoms in total. The first-order chi connectivity index (χ1) is 7.40. The number of fused-ring (bicyclic) bond motifs is 1. The van der Waals surface area contributed by atoms with Crippen molar-refractivity contribution in [3.05, 3.63) is 35.5 Å². The molecule has 0 spiro atoms. The highest BCUT2D eigenvalue weighted by molar-refractivity contribution is 5.85. The number of benzene rings is 1. The lowest BCUT2D eigenvalue weighted by Crippen LogP contribution is -2.34. The van der Waals surface area contributed by atoms with Crippen LogP contribution in [0.3, 0.4) is 0 Å². The van der Waals surface area contributed by atoms with Gasteiger partial charge in [-0.2, -0.15) is 0 Å². The van der Waals surface area contributed by atoms with E-state index in [1.54, 1.807) is 0 Å². The van der Waals surface area contributed by atoms with Crippen LogP contribution >= 0.6 is 0 Å². The molecule has 2 heteroatoms. The summed E-state index contributed by atoms with van der Waals surface area (Å²) in [5.41, 5.74) is 9.96. The summed E-state index contributed by atoms with van der Waals surface area (Å²) in [6, 6.07) is 8.52. The Bertz CT molecular complexity index is 515. The predicted molar refractivity (Wildman–Crippen MR) is 69.6 cm³/mol. The number of para-hydroxylation sites is 1. The molecule has 1 aromatic carbocycles. The molecule has 0 atom stereocenters. The van der Waals surface area contributed by atoms with E-state index in [1.165, 1.54) is 22.2 Å². The molecule has 1 heterocycles. The molecule has 0 unspecified atom stereocenters. The second kappa shape index (κ2) is 3.63. The number of rotatable bonds is 2. The Morgan fingerprint density at radius 2 is 1.88 bits per heavy atom. The van der Waals surface area contributed by atoms with Crippen molar-refractivity contribution < 1.29 is 0 Å². The summed E-state index contributed by atoms with van der Waals surface area (Å²) in [5, 5.41) is 1.33. The third-order valence-corrected chi connectivity index (χ3v) is 3.16. The van der Waals surface area contributed by atoms with Gasteiger partial charge in [0.1, 0.15) is 0 Å². The molecular formula is C14H20N2. The molecule has 0 radical (unpaired) electrons. The number of hydrogen-bond acceptors (Lipinski definition) is 1. The van der Waals surface area contributed by atoms with E-state index >= 15 is 0 Å². The predicted octanol–water partition coefficient (Wildman–Crippen LogP) is 2.77.